The molecule has 146 valence electrons. The molecule has 1 aliphatic rings. The van der Waals surface area contributed by atoms with Crippen LogP contribution in [0.3, 0.4) is 0 Å². The summed E-state index contributed by atoms with van der Waals surface area (Å²) in [5, 5.41) is 16.7. The zero-order valence-electron chi connectivity index (χ0n) is 15.8. The van der Waals surface area contributed by atoms with Crippen LogP contribution in [0.25, 0.3) is 0 Å². The Labute approximate surface area is 161 Å². The lowest BCUT2D eigenvalue weighted by Crippen LogP contribution is -2.15. The van der Waals surface area contributed by atoms with Crippen molar-refractivity contribution in [2.45, 2.75) is 32.1 Å². The molecule has 0 spiro atoms. The van der Waals surface area contributed by atoms with Crippen molar-refractivity contribution >= 4 is 11.9 Å². The van der Waals surface area contributed by atoms with E-state index in [-0.39, 0.29) is 11.9 Å². The van der Waals surface area contributed by atoms with Gasteiger partial charge in [0, 0.05) is 17.7 Å². The highest BCUT2D eigenvalue weighted by molar-refractivity contribution is 6.03. The monoisotopic (exact) mass is 382 g/mol. The molecule has 2 heterocycles. The summed E-state index contributed by atoms with van der Waals surface area (Å²) in [7, 11) is 3.22. The molecule has 0 unspecified atom stereocenters. The lowest BCUT2D eigenvalue weighted by atomic mass is 10.1. The number of nitrogens with one attached hydrogen (secondary N) is 3. The lowest BCUT2D eigenvalue weighted by molar-refractivity contribution is 0.102. The Bertz CT molecular complexity index is 993. The number of aromatic nitrogens is 5. The highest BCUT2D eigenvalue weighted by Crippen LogP contribution is 2.28. The van der Waals surface area contributed by atoms with Crippen LogP contribution in [0.5, 0.6) is 11.5 Å². The number of hydrogen-bond donors (Lipinski definition) is 3. The summed E-state index contributed by atoms with van der Waals surface area (Å²) in [6.45, 7) is 0. The number of carbonyl (C=O) groups is 1. The Morgan fingerprint density at radius 1 is 1.11 bits per heavy atom. The molecule has 0 fully saturated rings. The van der Waals surface area contributed by atoms with Gasteiger partial charge < -0.3 is 9.47 Å². The molecule has 0 radical (unpaired) electrons. The molecular formula is C19H22N6O3. The van der Waals surface area contributed by atoms with Gasteiger partial charge in [-0.05, 0) is 43.4 Å². The first kappa shape index (κ1) is 18.0. The number of nitrogens with zero attached hydrogens (tertiary/aromatic N) is 3. The summed E-state index contributed by atoms with van der Waals surface area (Å²) >= 11 is 0. The molecule has 1 aliphatic carbocycles. The molecule has 28 heavy (non-hydrogen) atoms. The molecule has 2 aromatic heterocycles. The average Bonchev–Trinajstić information content (AvgIpc) is 3.43. The van der Waals surface area contributed by atoms with Crippen molar-refractivity contribution in [2.75, 3.05) is 19.5 Å². The molecule has 3 N–H and O–H groups in total. The van der Waals surface area contributed by atoms with Crippen LogP contribution in [-0.2, 0) is 25.7 Å². The third kappa shape index (κ3) is 3.55. The van der Waals surface area contributed by atoms with Gasteiger partial charge in [0.2, 0.25) is 5.95 Å². The number of methoxy groups -OCH3 is 2. The SMILES string of the molecule is COc1ccc(CCc2nc(NC(=O)c3n[nH]c4c3CCC4)n[nH]2)cc1OC. The number of aryl methyl sites for hydroxylation is 3. The highest BCUT2D eigenvalue weighted by Gasteiger charge is 2.23. The minimum absolute atomic E-state index is 0.252. The van der Waals surface area contributed by atoms with Crippen molar-refractivity contribution in [3.05, 3.63) is 46.5 Å². The van der Waals surface area contributed by atoms with Gasteiger partial charge in [0.15, 0.2) is 17.2 Å². The third-order valence-corrected chi connectivity index (χ3v) is 4.88. The number of H-pyrrole nitrogens is 2. The molecule has 1 aromatic carbocycles. The molecule has 4 rings (SSSR count). The van der Waals surface area contributed by atoms with Gasteiger partial charge in [-0.15, -0.1) is 5.10 Å². The normalized spacial score (nSPS) is 12.6. The van der Waals surface area contributed by atoms with Crippen LogP contribution in [0.15, 0.2) is 18.2 Å². The quantitative estimate of drug-likeness (QED) is 0.576. The molecule has 0 saturated heterocycles. The number of ether oxygens (including phenoxy) is 2. The smallest absolute Gasteiger partial charge is 0.278 e. The van der Waals surface area contributed by atoms with Gasteiger partial charge >= 0.3 is 0 Å². The van der Waals surface area contributed by atoms with E-state index in [0.717, 1.165) is 42.5 Å². The minimum atomic E-state index is -0.287. The van der Waals surface area contributed by atoms with E-state index in [1.807, 2.05) is 18.2 Å². The topological polar surface area (TPSA) is 118 Å². The van der Waals surface area contributed by atoms with Crippen LogP contribution < -0.4 is 14.8 Å². The fraction of sp³-hybridized carbons (Fsp3) is 0.368. The fourth-order valence-corrected chi connectivity index (χ4v) is 3.43. The number of fused-ring (bicyclic) bond motifs is 1. The van der Waals surface area contributed by atoms with Gasteiger partial charge in [0.1, 0.15) is 5.82 Å². The Kier molecular flexibility index (Phi) is 4.96. The standard InChI is InChI=1S/C19H22N6O3/c1-27-14-8-6-11(10-15(14)28-2)7-9-16-20-19(25-23-16)21-18(26)17-12-4-3-5-13(12)22-24-17/h6,8,10H,3-5,7,9H2,1-2H3,(H,22,24)(H2,20,21,23,25,26). The van der Waals surface area contributed by atoms with Crippen LogP contribution in [0.1, 0.15) is 39.6 Å². The van der Waals surface area contributed by atoms with Crippen molar-refractivity contribution in [3.8, 4) is 11.5 Å². The van der Waals surface area contributed by atoms with Gasteiger partial charge in [-0.2, -0.15) is 10.1 Å². The second kappa shape index (κ2) is 7.71. The molecule has 0 aliphatic heterocycles. The van der Waals surface area contributed by atoms with Crippen LogP contribution >= 0.6 is 0 Å². The number of anilines is 1. The van der Waals surface area contributed by atoms with E-state index in [2.05, 4.69) is 30.7 Å². The first-order valence-electron chi connectivity index (χ1n) is 9.17. The molecule has 1 amide bonds. The Hall–Kier alpha value is -3.36. The fourth-order valence-electron chi connectivity index (χ4n) is 3.43. The number of carbonyl (C=O) groups excluding carboxylic acids is 1. The Balaban J connectivity index is 1.37. The summed E-state index contributed by atoms with van der Waals surface area (Å²) < 4.78 is 10.6. The molecular weight excluding hydrogens is 360 g/mol. The molecule has 9 nitrogen and oxygen atoms in total. The summed E-state index contributed by atoms with van der Waals surface area (Å²) in [4.78, 5) is 16.8. The molecule has 9 heteroatoms. The van der Waals surface area contributed by atoms with E-state index in [4.69, 9.17) is 9.47 Å². The maximum atomic E-state index is 12.4. The average molecular weight is 382 g/mol. The van der Waals surface area contributed by atoms with Gasteiger partial charge in [-0.3, -0.25) is 20.3 Å². The van der Waals surface area contributed by atoms with Crippen molar-refractivity contribution in [3.63, 3.8) is 0 Å². The maximum Gasteiger partial charge on any atom is 0.278 e. The largest absolute Gasteiger partial charge is 0.493 e. The van der Waals surface area contributed by atoms with E-state index in [9.17, 15) is 4.79 Å². The number of rotatable bonds is 7. The van der Waals surface area contributed by atoms with Crippen LogP contribution in [0, 0.1) is 0 Å². The van der Waals surface area contributed by atoms with Crippen molar-refractivity contribution in [1.82, 2.24) is 25.4 Å². The minimum Gasteiger partial charge on any atom is -0.493 e. The summed E-state index contributed by atoms with van der Waals surface area (Å²) in [6.07, 6.45) is 4.26. The zero-order chi connectivity index (χ0) is 19.5. The van der Waals surface area contributed by atoms with Crippen molar-refractivity contribution < 1.29 is 14.3 Å². The summed E-state index contributed by atoms with van der Waals surface area (Å²) in [5.41, 5.74) is 3.58. The second-order valence-electron chi connectivity index (χ2n) is 6.63. The number of hydrogen-bond acceptors (Lipinski definition) is 6. The molecule has 0 saturated carbocycles. The Morgan fingerprint density at radius 2 is 1.96 bits per heavy atom. The predicted octanol–water partition coefficient (Wildman–Crippen LogP) is 2.07. The number of amides is 1. The summed E-state index contributed by atoms with van der Waals surface area (Å²) in [6, 6.07) is 5.80. The number of benzene rings is 1. The molecule has 0 atom stereocenters. The van der Waals surface area contributed by atoms with Crippen molar-refractivity contribution in [2.24, 2.45) is 0 Å². The molecule has 3 aromatic rings. The first-order chi connectivity index (χ1) is 13.7. The van der Waals surface area contributed by atoms with Gasteiger partial charge in [0.25, 0.3) is 5.91 Å². The van der Waals surface area contributed by atoms with Crippen molar-refractivity contribution in [1.29, 1.82) is 0 Å². The lowest BCUT2D eigenvalue weighted by Gasteiger charge is -2.09. The maximum absolute atomic E-state index is 12.4. The second-order valence-corrected chi connectivity index (χ2v) is 6.63. The van der Waals surface area contributed by atoms with E-state index in [0.29, 0.717) is 29.4 Å². The van der Waals surface area contributed by atoms with Gasteiger partial charge in [-0.25, -0.2) is 0 Å². The van der Waals surface area contributed by atoms with Crippen LogP contribution in [0.2, 0.25) is 0 Å². The van der Waals surface area contributed by atoms with Gasteiger partial charge in [-0.1, -0.05) is 6.07 Å². The van der Waals surface area contributed by atoms with E-state index >= 15 is 0 Å². The van der Waals surface area contributed by atoms with Crippen LogP contribution in [0.4, 0.5) is 5.95 Å². The zero-order valence-corrected chi connectivity index (χ0v) is 15.8. The number of aromatic amines is 2. The Morgan fingerprint density at radius 3 is 2.79 bits per heavy atom. The van der Waals surface area contributed by atoms with Gasteiger partial charge in [0.05, 0.1) is 14.2 Å². The third-order valence-electron chi connectivity index (χ3n) is 4.88. The van der Waals surface area contributed by atoms with E-state index < -0.39 is 0 Å². The first-order valence-corrected chi connectivity index (χ1v) is 9.17. The highest BCUT2D eigenvalue weighted by atomic mass is 16.5. The summed E-state index contributed by atoms with van der Waals surface area (Å²) in [5.74, 6) is 2.04. The van der Waals surface area contributed by atoms with Crippen LogP contribution in [-0.4, -0.2) is 45.5 Å². The molecule has 0 bridgehead atoms. The van der Waals surface area contributed by atoms with E-state index in [1.165, 1.54) is 0 Å². The predicted molar refractivity (Wildman–Crippen MR) is 102 cm³/mol. The van der Waals surface area contributed by atoms with E-state index in [1.54, 1.807) is 14.2 Å².